The van der Waals surface area contributed by atoms with Crippen molar-refractivity contribution in [1.29, 1.82) is 0 Å². The van der Waals surface area contributed by atoms with Gasteiger partial charge in [0.1, 0.15) is 0 Å². The van der Waals surface area contributed by atoms with Crippen molar-refractivity contribution in [3.63, 3.8) is 0 Å². The number of nitrogens with zero attached hydrogens (tertiary/aromatic N) is 1. The molecule has 0 amide bonds. The minimum atomic E-state index is 0.700. The SMILES string of the molecule is CCCCCOc1cc(-c2ccccc2)cc(-c2ccccc2)n1. The molecular formula is C22H23NO. The van der Waals surface area contributed by atoms with Gasteiger partial charge in [0.15, 0.2) is 0 Å². The first-order valence-corrected chi connectivity index (χ1v) is 8.62. The molecule has 24 heavy (non-hydrogen) atoms. The van der Waals surface area contributed by atoms with Crippen LogP contribution in [0, 0.1) is 0 Å². The van der Waals surface area contributed by atoms with Crippen LogP contribution in [0.3, 0.4) is 0 Å². The fraction of sp³-hybridized carbons (Fsp3) is 0.227. The summed E-state index contributed by atoms with van der Waals surface area (Å²) in [5, 5.41) is 0. The van der Waals surface area contributed by atoms with E-state index in [1.54, 1.807) is 0 Å². The molecule has 0 spiro atoms. The fourth-order valence-corrected chi connectivity index (χ4v) is 2.66. The predicted octanol–water partition coefficient (Wildman–Crippen LogP) is 5.98. The third-order valence-corrected chi connectivity index (χ3v) is 3.98. The number of hydrogen-bond acceptors (Lipinski definition) is 2. The second-order valence-electron chi connectivity index (χ2n) is 5.87. The van der Waals surface area contributed by atoms with Gasteiger partial charge in [-0.25, -0.2) is 4.98 Å². The van der Waals surface area contributed by atoms with Crippen molar-refractivity contribution in [1.82, 2.24) is 4.98 Å². The summed E-state index contributed by atoms with van der Waals surface area (Å²) in [5.74, 6) is 0.700. The molecule has 2 nitrogen and oxygen atoms in total. The molecular weight excluding hydrogens is 294 g/mol. The molecule has 1 heterocycles. The highest BCUT2D eigenvalue weighted by Crippen LogP contribution is 2.28. The molecule has 0 unspecified atom stereocenters. The van der Waals surface area contributed by atoms with Gasteiger partial charge in [-0.3, -0.25) is 0 Å². The molecule has 0 bridgehead atoms. The molecule has 3 aromatic rings. The largest absolute Gasteiger partial charge is 0.478 e. The molecule has 122 valence electrons. The van der Waals surface area contributed by atoms with Crippen molar-refractivity contribution in [2.75, 3.05) is 6.61 Å². The zero-order valence-corrected chi connectivity index (χ0v) is 14.1. The van der Waals surface area contributed by atoms with Crippen LogP contribution in [0.2, 0.25) is 0 Å². The topological polar surface area (TPSA) is 22.1 Å². The van der Waals surface area contributed by atoms with Gasteiger partial charge in [-0.2, -0.15) is 0 Å². The molecule has 0 aliphatic heterocycles. The third kappa shape index (κ3) is 4.23. The molecule has 0 N–H and O–H groups in total. The Morgan fingerprint density at radius 2 is 1.42 bits per heavy atom. The smallest absolute Gasteiger partial charge is 0.214 e. The summed E-state index contributed by atoms with van der Waals surface area (Å²) in [7, 11) is 0. The Morgan fingerprint density at radius 3 is 2.08 bits per heavy atom. The highest BCUT2D eigenvalue weighted by Gasteiger charge is 2.07. The Bertz CT molecular complexity index is 696. The average molecular weight is 317 g/mol. The van der Waals surface area contributed by atoms with Crippen LogP contribution < -0.4 is 4.74 Å². The van der Waals surface area contributed by atoms with Crippen LogP contribution in [-0.2, 0) is 0 Å². The number of aromatic nitrogens is 1. The lowest BCUT2D eigenvalue weighted by atomic mass is 10.0. The molecule has 0 aliphatic rings. The van der Waals surface area contributed by atoms with Crippen LogP contribution in [0.5, 0.6) is 5.88 Å². The van der Waals surface area contributed by atoms with Crippen molar-refractivity contribution in [3.05, 3.63) is 72.8 Å². The Labute approximate surface area is 144 Å². The predicted molar refractivity (Wildman–Crippen MR) is 100 cm³/mol. The van der Waals surface area contributed by atoms with E-state index < -0.39 is 0 Å². The van der Waals surface area contributed by atoms with Crippen LogP contribution in [0.15, 0.2) is 72.8 Å². The van der Waals surface area contributed by atoms with Crippen molar-refractivity contribution in [2.24, 2.45) is 0 Å². The van der Waals surface area contributed by atoms with E-state index in [2.05, 4.69) is 49.4 Å². The van der Waals surface area contributed by atoms with Crippen LogP contribution in [-0.4, -0.2) is 11.6 Å². The molecule has 0 radical (unpaired) electrons. The summed E-state index contributed by atoms with van der Waals surface area (Å²) in [6.07, 6.45) is 3.44. The summed E-state index contributed by atoms with van der Waals surface area (Å²) in [4.78, 5) is 4.70. The number of ether oxygens (including phenoxy) is 1. The number of pyridine rings is 1. The van der Waals surface area contributed by atoms with Gasteiger partial charge in [-0.15, -0.1) is 0 Å². The van der Waals surface area contributed by atoms with Crippen molar-refractivity contribution in [3.8, 4) is 28.3 Å². The highest BCUT2D eigenvalue weighted by atomic mass is 16.5. The summed E-state index contributed by atoms with van der Waals surface area (Å²) in [6.45, 7) is 2.91. The highest BCUT2D eigenvalue weighted by molar-refractivity contribution is 5.71. The minimum absolute atomic E-state index is 0.700. The minimum Gasteiger partial charge on any atom is -0.478 e. The van der Waals surface area contributed by atoms with Gasteiger partial charge < -0.3 is 4.74 Å². The van der Waals surface area contributed by atoms with E-state index in [1.165, 1.54) is 18.4 Å². The maximum atomic E-state index is 5.92. The van der Waals surface area contributed by atoms with Gasteiger partial charge in [-0.1, -0.05) is 80.4 Å². The molecule has 0 saturated heterocycles. The van der Waals surface area contributed by atoms with Gasteiger partial charge in [0.2, 0.25) is 5.88 Å². The molecule has 0 fully saturated rings. The third-order valence-electron chi connectivity index (χ3n) is 3.98. The Kier molecular flexibility index (Phi) is 5.62. The fourth-order valence-electron chi connectivity index (χ4n) is 2.66. The number of unbranched alkanes of at least 4 members (excludes halogenated alkanes) is 2. The van der Waals surface area contributed by atoms with Gasteiger partial charge in [0, 0.05) is 11.6 Å². The van der Waals surface area contributed by atoms with Crippen molar-refractivity contribution < 1.29 is 4.74 Å². The molecule has 3 rings (SSSR count). The monoisotopic (exact) mass is 317 g/mol. The molecule has 0 aliphatic carbocycles. The van der Waals surface area contributed by atoms with Gasteiger partial charge in [0.05, 0.1) is 12.3 Å². The summed E-state index contributed by atoms with van der Waals surface area (Å²) in [5.41, 5.74) is 4.36. The van der Waals surface area contributed by atoms with Crippen LogP contribution in [0.4, 0.5) is 0 Å². The summed E-state index contributed by atoms with van der Waals surface area (Å²) in [6, 6.07) is 24.8. The lowest BCUT2D eigenvalue weighted by molar-refractivity contribution is 0.295. The first-order chi connectivity index (χ1) is 11.9. The van der Waals surface area contributed by atoms with E-state index in [9.17, 15) is 0 Å². The Hall–Kier alpha value is -2.61. The van der Waals surface area contributed by atoms with Crippen LogP contribution in [0.1, 0.15) is 26.2 Å². The van der Waals surface area contributed by atoms with E-state index in [4.69, 9.17) is 9.72 Å². The number of rotatable bonds is 7. The molecule has 0 saturated carbocycles. The Balaban J connectivity index is 1.93. The van der Waals surface area contributed by atoms with E-state index in [-0.39, 0.29) is 0 Å². The quantitative estimate of drug-likeness (QED) is 0.500. The summed E-state index contributed by atoms with van der Waals surface area (Å²) >= 11 is 0. The molecule has 0 atom stereocenters. The maximum Gasteiger partial charge on any atom is 0.214 e. The van der Waals surface area contributed by atoms with Gasteiger partial charge in [-0.05, 0) is 23.6 Å². The van der Waals surface area contributed by atoms with E-state index >= 15 is 0 Å². The lowest BCUT2D eigenvalue weighted by Gasteiger charge is -2.11. The Morgan fingerprint density at radius 1 is 0.750 bits per heavy atom. The van der Waals surface area contributed by atoms with Crippen molar-refractivity contribution >= 4 is 0 Å². The average Bonchev–Trinajstić information content (AvgIpc) is 2.66. The first-order valence-electron chi connectivity index (χ1n) is 8.62. The molecule has 1 aromatic heterocycles. The van der Waals surface area contributed by atoms with E-state index in [0.29, 0.717) is 12.5 Å². The van der Waals surface area contributed by atoms with E-state index in [0.717, 1.165) is 23.2 Å². The van der Waals surface area contributed by atoms with Crippen LogP contribution in [0.25, 0.3) is 22.4 Å². The molecule has 2 heteroatoms. The first kappa shape index (κ1) is 16.3. The molecule has 2 aromatic carbocycles. The maximum absolute atomic E-state index is 5.92. The van der Waals surface area contributed by atoms with E-state index in [1.807, 2.05) is 30.3 Å². The lowest BCUT2D eigenvalue weighted by Crippen LogP contribution is -2.00. The van der Waals surface area contributed by atoms with Crippen LogP contribution >= 0.6 is 0 Å². The van der Waals surface area contributed by atoms with Gasteiger partial charge >= 0.3 is 0 Å². The second kappa shape index (κ2) is 8.30. The number of hydrogen-bond donors (Lipinski definition) is 0. The second-order valence-corrected chi connectivity index (χ2v) is 5.87. The summed E-state index contributed by atoms with van der Waals surface area (Å²) < 4.78 is 5.92. The number of benzene rings is 2. The zero-order chi connectivity index (χ0) is 16.6. The van der Waals surface area contributed by atoms with Gasteiger partial charge in [0.25, 0.3) is 0 Å². The zero-order valence-electron chi connectivity index (χ0n) is 14.1. The van der Waals surface area contributed by atoms with Crippen molar-refractivity contribution in [2.45, 2.75) is 26.2 Å². The standard InChI is InChI=1S/C22H23NO/c1-2-3-10-15-24-22-17-20(18-11-6-4-7-12-18)16-21(23-22)19-13-8-5-9-14-19/h4-9,11-14,16-17H,2-3,10,15H2,1H3. The normalized spacial score (nSPS) is 10.5.